The van der Waals surface area contributed by atoms with Gasteiger partial charge in [0.1, 0.15) is 0 Å². The zero-order chi connectivity index (χ0) is 17.9. The summed E-state index contributed by atoms with van der Waals surface area (Å²) < 4.78 is 28.4. The number of unbranched alkanes of at least 4 members (excludes halogenated alkanes) is 1. The maximum absolute atomic E-state index is 12.8. The van der Waals surface area contributed by atoms with Crippen LogP contribution in [0.2, 0.25) is 0 Å². The molecule has 4 nitrogen and oxygen atoms in total. The van der Waals surface area contributed by atoms with Gasteiger partial charge in [0.05, 0.1) is 4.90 Å². The standard InChI is InChI=1S/C19H32N2O2S/c1-14-15(2)17(4)19(18(5)16(14)3)24(22,23)20-10-6-7-11-21-12-8-9-13-21/h20H,6-13H2,1-5H3. The zero-order valence-corrected chi connectivity index (χ0v) is 16.6. The first-order valence-corrected chi connectivity index (χ1v) is 10.5. The summed E-state index contributed by atoms with van der Waals surface area (Å²) in [5, 5.41) is 0. The van der Waals surface area contributed by atoms with Crippen molar-refractivity contribution in [1.29, 1.82) is 0 Å². The Morgan fingerprint density at radius 1 is 0.833 bits per heavy atom. The minimum Gasteiger partial charge on any atom is -0.303 e. The minimum absolute atomic E-state index is 0.475. The van der Waals surface area contributed by atoms with Crippen molar-refractivity contribution in [3.63, 3.8) is 0 Å². The summed E-state index contributed by atoms with van der Waals surface area (Å²) in [6, 6.07) is 0. The lowest BCUT2D eigenvalue weighted by Gasteiger charge is -2.19. The number of benzene rings is 1. The van der Waals surface area contributed by atoms with Gasteiger partial charge in [0.25, 0.3) is 0 Å². The van der Waals surface area contributed by atoms with Gasteiger partial charge >= 0.3 is 0 Å². The lowest BCUT2D eigenvalue weighted by atomic mass is 9.95. The van der Waals surface area contributed by atoms with Gasteiger partial charge < -0.3 is 4.90 Å². The molecule has 1 aromatic rings. The molecule has 24 heavy (non-hydrogen) atoms. The van der Waals surface area contributed by atoms with Gasteiger partial charge in [-0.1, -0.05) is 0 Å². The molecule has 136 valence electrons. The number of nitrogens with zero attached hydrogens (tertiary/aromatic N) is 1. The van der Waals surface area contributed by atoms with Crippen LogP contribution in [0.5, 0.6) is 0 Å². The largest absolute Gasteiger partial charge is 0.303 e. The summed E-state index contributed by atoms with van der Waals surface area (Å²) in [5.74, 6) is 0. The molecule has 0 amide bonds. The molecule has 0 aromatic heterocycles. The molecule has 0 spiro atoms. The Labute approximate surface area is 147 Å². The van der Waals surface area contributed by atoms with Crippen LogP contribution in [-0.2, 0) is 10.0 Å². The van der Waals surface area contributed by atoms with Crippen LogP contribution >= 0.6 is 0 Å². The second-order valence-corrected chi connectivity index (χ2v) is 8.81. The first-order valence-electron chi connectivity index (χ1n) is 9.04. The second kappa shape index (κ2) is 7.98. The van der Waals surface area contributed by atoms with Crippen LogP contribution in [0.4, 0.5) is 0 Å². The highest BCUT2D eigenvalue weighted by Crippen LogP contribution is 2.29. The normalized spacial score (nSPS) is 16.0. The van der Waals surface area contributed by atoms with Crippen LogP contribution < -0.4 is 4.72 Å². The van der Waals surface area contributed by atoms with Crippen molar-refractivity contribution in [3.05, 3.63) is 27.8 Å². The minimum atomic E-state index is -3.45. The molecule has 1 fully saturated rings. The molecule has 0 aliphatic carbocycles. The quantitative estimate of drug-likeness (QED) is 0.765. The fraction of sp³-hybridized carbons (Fsp3) is 0.684. The number of likely N-dealkylation sites (tertiary alicyclic amines) is 1. The van der Waals surface area contributed by atoms with E-state index >= 15 is 0 Å². The van der Waals surface area contributed by atoms with Crippen molar-refractivity contribution in [2.45, 2.75) is 65.2 Å². The van der Waals surface area contributed by atoms with E-state index in [1.165, 1.54) is 31.5 Å². The maximum atomic E-state index is 12.8. The van der Waals surface area contributed by atoms with E-state index in [0.29, 0.717) is 11.4 Å². The summed E-state index contributed by atoms with van der Waals surface area (Å²) in [6.07, 6.45) is 4.54. The highest BCUT2D eigenvalue weighted by Gasteiger charge is 2.23. The fourth-order valence-electron chi connectivity index (χ4n) is 3.61. The molecule has 5 heteroatoms. The van der Waals surface area contributed by atoms with Gasteiger partial charge in [0, 0.05) is 6.54 Å². The maximum Gasteiger partial charge on any atom is 0.241 e. The third kappa shape index (κ3) is 4.19. The van der Waals surface area contributed by atoms with Crippen LogP contribution in [0.1, 0.15) is 53.5 Å². The molecule has 2 rings (SSSR count). The van der Waals surface area contributed by atoms with E-state index < -0.39 is 10.0 Å². The van der Waals surface area contributed by atoms with Crippen LogP contribution in [0.25, 0.3) is 0 Å². The zero-order valence-electron chi connectivity index (χ0n) is 15.8. The Bertz CT molecular complexity index is 661. The number of hydrogen-bond donors (Lipinski definition) is 1. The van der Waals surface area contributed by atoms with E-state index in [9.17, 15) is 8.42 Å². The highest BCUT2D eigenvalue weighted by molar-refractivity contribution is 7.89. The van der Waals surface area contributed by atoms with Gasteiger partial charge in [-0.05, 0) is 108 Å². The molecule has 0 atom stereocenters. The molecule has 1 saturated heterocycles. The molecule has 1 aromatic carbocycles. The number of rotatable bonds is 7. The average Bonchev–Trinajstić information content (AvgIpc) is 3.04. The Morgan fingerprint density at radius 2 is 1.33 bits per heavy atom. The van der Waals surface area contributed by atoms with Gasteiger partial charge in [0.15, 0.2) is 0 Å². The van der Waals surface area contributed by atoms with E-state index in [-0.39, 0.29) is 0 Å². The smallest absolute Gasteiger partial charge is 0.241 e. The summed E-state index contributed by atoms with van der Waals surface area (Å²) in [4.78, 5) is 2.94. The van der Waals surface area contributed by atoms with Crippen LogP contribution in [0.3, 0.4) is 0 Å². The topological polar surface area (TPSA) is 49.4 Å². The van der Waals surface area contributed by atoms with Gasteiger partial charge in [-0.3, -0.25) is 0 Å². The molecule has 1 heterocycles. The first-order chi connectivity index (χ1) is 11.3. The van der Waals surface area contributed by atoms with Gasteiger partial charge in [-0.25, -0.2) is 13.1 Å². The molecule has 0 radical (unpaired) electrons. The van der Waals surface area contributed by atoms with Crippen LogP contribution in [0, 0.1) is 34.6 Å². The lowest BCUT2D eigenvalue weighted by molar-refractivity contribution is 0.330. The highest BCUT2D eigenvalue weighted by atomic mass is 32.2. The monoisotopic (exact) mass is 352 g/mol. The molecule has 1 N–H and O–H groups in total. The SMILES string of the molecule is Cc1c(C)c(C)c(S(=O)(=O)NCCCCN2CCCC2)c(C)c1C. The first kappa shape index (κ1) is 19.4. The third-order valence-corrected chi connectivity index (χ3v) is 7.33. The molecule has 1 aliphatic heterocycles. The molecular weight excluding hydrogens is 320 g/mol. The molecule has 1 aliphatic rings. The van der Waals surface area contributed by atoms with Crippen LogP contribution in [-0.4, -0.2) is 39.5 Å². The molecule has 0 unspecified atom stereocenters. The Balaban J connectivity index is 2.00. The average molecular weight is 353 g/mol. The van der Waals surface area contributed by atoms with Crippen molar-refractivity contribution >= 4 is 10.0 Å². The van der Waals surface area contributed by atoms with Gasteiger partial charge in [-0.15, -0.1) is 0 Å². The van der Waals surface area contributed by atoms with E-state index in [4.69, 9.17) is 0 Å². The second-order valence-electron chi connectivity index (χ2n) is 7.11. The Kier molecular flexibility index (Phi) is 6.46. The molecule has 0 bridgehead atoms. The van der Waals surface area contributed by atoms with E-state index in [1.54, 1.807) is 0 Å². The predicted molar refractivity (Wildman–Crippen MR) is 100 cm³/mol. The number of nitrogens with one attached hydrogen (secondary N) is 1. The van der Waals surface area contributed by atoms with Gasteiger partial charge in [-0.2, -0.15) is 0 Å². The third-order valence-electron chi connectivity index (χ3n) is 5.59. The molecular formula is C19H32N2O2S. The summed E-state index contributed by atoms with van der Waals surface area (Å²) in [7, 11) is -3.45. The van der Waals surface area contributed by atoms with E-state index in [1.807, 2.05) is 27.7 Å². The van der Waals surface area contributed by atoms with Crippen LogP contribution in [0.15, 0.2) is 4.90 Å². The lowest BCUT2D eigenvalue weighted by Crippen LogP contribution is -2.28. The van der Waals surface area contributed by atoms with Crippen molar-refractivity contribution in [2.24, 2.45) is 0 Å². The summed E-state index contributed by atoms with van der Waals surface area (Å²) >= 11 is 0. The Hall–Kier alpha value is -0.910. The van der Waals surface area contributed by atoms with Crippen molar-refractivity contribution in [1.82, 2.24) is 9.62 Å². The van der Waals surface area contributed by atoms with Crippen molar-refractivity contribution < 1.29 is 8.42 Å². The van der Waals surface area contributed by atoms with E-state index in [2.05, 4.69) is 16.5 Å². The Morgan fingerprint density at radius 3 is 1.88 bits per heavy atom. The molecule has 0 saturated carbocycles. The number of sulfonamides is 1. The van der Waals surface area contributed by atoms with E-state index in [0.717, 1.165) is 41.6 Å². The summed E-state index contributed by atoms with van der Waals surface area (Å²) in [6.45, 7) is 13.9. The summed E-state index contributed by atoms with van der Waals surface area (Å²) in [5.41, 5.74) is 5.09. The van der Waals surface area contributed by atoms with Crippen molar-refractivity contribution in [2.75, 3.05) is 26.2 Å². The predicted octanol–water partition coefficient (Wildman–Crippen LogP) is 3.38. The fourth-order valence-corrected chi connectivity index (χ4v) is 5.28. The van der Waals surface area contributed by atoms with Gasteiger partial charge in [0.2, 0.25) is 10.0 Å². The number of hydrogen-bond acceptors (Lipinski definition) is 3. The van der Waals surface area contributed by atoms with Crippen molar-refractivity contribution in [3.8, 4) is 0 Å².